The van der Waals surface area contributed by atoms with E-state index in [1.165, 1.54) is 44.4 Å². The molecular weight excluding hydrogens is 621 g/mol. The number of rotatable bonds is 3. The first-order valence-electron chi connectivity index (χ1n) is 17.9. The van der Waals surface area contributed by atoms with Gasteiger partial charge < -0.3 is 8.98 Å². The van der Waals surface area contributed by atoms with Crippen molar-refractivity contribution in [1.82, 2.24) is 9.55 Å². The van der Waals surface area contributed by atoms with Crippen LogP contribution in [-0.4, -0.2) is 9.55 Å². The summed E-state index contributed by atoms with van der Waals surface area (Å²) in [6, 6.07) is 48.2. The maximum Gasteiger partial charge on any atom is 0.137 e. The fraction of sp³-hybridized carbons (Fsp3) is 0.104. The number of hydrogen-bond acceptors (Lipinski definition) is 2. The normalized spacial score (nSPS) is 14.4. The summed E-state index contributed by atoms with van der Waals surface area (Å²) in [5, 5.41) is 4.71. The largest absolute Gasteiger partial charge is 0.456 e. The van der Waals surface area contributed by atoms with Crippen LogP contribution in [0.3, 0.4) is 0 Å². The zero-order valence-electron chi connectivity index (χ0n) is 28.6. The molecule has 0 fully saturated rings. The number of para-hydroxylation sites is 1. The van der Waals surface area contributed by atoms with E-state index in [2.05, 4.69) is 158 Å². The average molecular weight is 655 g/mol. The molecule has 0 saturated carbocycles. The molecule has 3 nitrogen and oxygen atoms in total. The molecule has 2 aliphatic carbocycles. The number of pyridine rings is 1. The average Bonchev–Trinajstić information content (AvgIpc) is 3.79. The second kappa shape index (κ2) is 10.4. The molecule has 0 amide bonds. The summed E-state index contributed by atoms with van der Waals surface area (Å²) in [4.78, 5) is 5.07. The minimum atomic E-state index is -0.0413. The lowest BCUT2D eigenvalue weighted by Crippen LogP contribution is -2.14. The zero-order valence-corrected chi connectivity index (χ0v) is 28.6. The molecule has 6 aromatic carbocycles. The SMILES string of the molecule is CC1(C)c2ccccc2-c2cc3c(cc21)c1c(n3-c2ccc3c(c2)oc2cccc(-c4cc(-c5ccccc5)nc5ccccc45)c23)CCC=C1. The number of benzene rings is 6. The summed E-state index contributed by atoms with van der Waals surface area (Å²) in [5.74, 6) is 0. The lowest BCUT2D eigenvalue weighted by Gasteiger charge is -2.21. The quantitative estimate of drug-likeness (QED) is 0.190. The Kier molecular flexibility index (Phi) is 5.85. The molecule has 0 unspecified atom stereocenters. The van der Waals surface area contributed by atoms with Crippen molar-refractivity contribution in [3.8, 4) is 39.2 Å². The molecule has 242 valence electrons. The Morgan fingerprint density at radius 1 is 0.627 bits per heavy atom. The van der Waals surface area contributed by atoms with E-state index in [4.69, 9.17) is 9.40 Å². The Balaban J connectivity index is 1.13. The van der Waals surface area contributed by atoms with Gasteiger partial charge in [-0.25, -0.2) is 4.98 Å². The van der Waals surface area contributed by atoms with Crippen molar-refractivity contribution in [3.05, 3.63) is 162 Å². The fourth-order valence-corrected chi connectivity index (χ4v) is 9.04. The van der Waals surface area contributed by atoms with Crippen LogP contribution in [0, 0.1) is 0 Å². The molecule has 0 N–H and O–H groups in total. The number of furan rings is 1. The van der Waals surface area contributed by atoms with Gasteiger partial charge >= 0.3 is 0 Å². The third-order valence-electron chi connectivity index (χ3n) is 11.5. The van der Waals surface area contributed by atoms with E-state index in [0.29, 0.717) is 0 Å². The highest BCUT2D eigenvalue weighted by Crippen LogP contribution is 2.51. The summed E-state index contributed by atoms with van der Waals surface area (Å²) in [6.45, 7) is 4.73. The van der Waals surface area contributed by atoms with Crippen LogP contribution in [0.15, 0.2) is 144 Å². The number of aromatic nitrogens is 2. The summed E-state index contributed by atoms with van der Waals surface area (Å²) < 4.78 is 9.24. The third-order valence-corrected chi connectivity index (χ3v) is 11.5. The van der Waals surface area contributed by atoms with Gasteiger partial charge in [0.1, 0.15) is 11.2 Å². The van der Waals surface area contributed by atoms with E-state index >= 15 is 0 Å². The van der Waals surface area contributed by atoms with Crippen LogP contribution in [0.2, 0.25) is 0 Å². The van der Waals surface area contributed by atoms with Gasteiger partial charge in [0.05, 0.1) is 16.7 Å². The van der Waals surface area contributed by atoms with E-state index < -0.39 is 0 Å². The molecule has 0 spiro atoms. The molecule has 3 heterocycles. The smallest absolute Gasteiger partial charge is 0.137 e. The molecule has 0 saturated heterocycles. The Labute approximate surface area is 296 Å². The van der Waals surface area contributed by atoms with Gasteiger partial charge in [-0.2, -0.15) is 0 Å². The van der Waals surface area contributed by atoms with Crippen molar-refractivity contribution in [1.29, 1.82) is 0 Å². The van der Waals surface area contributed by atoms with Gasteiger partial charge in [-0.15, -0.1) is 0 Å². The monoisotopic (exact) mass is 654 g/mol. The van der Waals surface area contributed by atoms with E-state index in [-0.39, 0.29) is 5.41 Å². The summed E-state index contributed by atoms with van der Waals surface area (Å²) in [5.41, 5.74) is 17.7. The second-order valence-corrected chi connectivity index (χ2v) is 14.6. The van der Waals surface area contributed by atoms with Gasteiger partial charge in [0.25, 0.3) is 0 Å². The van der Waals surface area contributed by atoms with Crippen molar-refractivity contribution in [2.45, 2.75) is 32.1 Å². The number of nitrogens with zero attached hydrogens (tertiary/aromatic N) is 2. The van der Waals surface area contributed by atoms with Crippen LogP contribution < -0.4 is 0 Å². The van der Waals surface area contributed by atoms with Crippen LogP contribution in [0.4, 0.5) is 0 Å². The van der Waals surface area contributed by atoms with Crippen molar-refractivity contribution < 1.29 is 4.42 Å². The third kappa shape index (κ3) is 4.03. The Hall–Kier alpha value is -6.19. The van der Waals surface area contributed by atoms with Crippen molar-refractivity contribution >= 4 is 49.8 Å². The predicted octanol–water partition coefficient (Wildman–Crippen LogP) is 12.7. The van der Waals surface area contributed by atoms with Gasteiger partial charge in [-0.05, 0) is 88.7 Å². The van der Waals surface area contributed by atoms with E-state index in [1.54, 1.807) is 0 Å². The number of allylic oxidation sites excluding steroid dienone is 1. The van der Waals surface area contributed by atoms with Crippen LogP contribution in [0.5, 0.6) is 0 Å². The van der Waals surface area contributed by atoms with E-state index in [0.717, 1.165) is 73.8 Å². The number of fused-ring (bicyclic) bond motifs is 10. The first-order valence-corrected chi connectivity index (χ1v) is 17.9. The van der Waals surface area contributed by atoms with Crippen molar-refractivity contribution in [3.63, 3.8) is 0 Å². The van der Waals surface area contributed by atoms with Crippen molar-refractivity contribution in [2.75, 3.05) is 0 Å². The molecule has 3 aromatic heterocycles. The van der Waals surface area contributed by atoms with Gasteiger partial charge in [0.2, 0.25) is 0 Å². The van der Waals surface area contributed by atoms with Crippen molar-refractivity contribution in [2.24, 2.45) is 0 Å². The molecule has 11 rings (SSSR count). The Morgan fingerprint density at radius 3 is 2.37 bits per heavy atom. The highest BCUT2D eigenvalue weighted by Gasteiger charge is 2.36. The van der Waals surface area contributed by atoms with Gasteiger partial charge in [-0.1, -0.05) is 111 Å². The lowest BCUT2D eigenvalue weighted by atomic mass is 9.82. The molecular formula is C48H34N2O. The minimum absolute atomic E-state index is 0.0413. The van der Waals surface area contributed by atoms with Gasteiger partial charge in [-0.3, -0.25) is 0 Å². The highest BCUT2D eigenvalue weighted by molar-refractivity contribution is 6.15. The molecule has 9 aromatic rings. The summed E-state index contributed by atoms with van der Waals surface area (Å²) >= 11 is 0. The molecule has 0 bridgehead atoms. The zero-order chi connectivity index (χ0) is 33.8. The maximum atomic E-state index is 6.74. The predicted molar refractivity (Wildman–Crippen MR) is 212 cm³/mol. The highest BCUT2D eigenvalue weighted by atomic mass is 16.3. The van der Waals surface area contributed by atoms with E-state index in [9.17, 15) is 0 Å². The molecule has 0 aliphatic heterocycles. The van der Waals surface area contributed by atoms with Crippen LogP contribution in [-0.2, 0) is 11.8 Å². The summed E-state index contributed by atoms with van der Waals surface area (Å²) in [6.07, 6.45) is 6.72. The summed E-state index contributed by atoms with van der Waals surface area (Å²) in [7, 11) is 0. The standard InChI is InChI=1S/C48H34N2O/c1-48(2)39-19-9-6-15-31(39)37-28-44-38(26-40(37)48)33-17-8-11-21-43(33)50(44)30-23-24-35-46(25-30)51-45-22-12-18-34(47(35)45)36-27-42(29-13-4-3-5-14-29)49-41-20-10-7-16-32(36)41/h3-10,12-20,22-28H,11,21H2,1-2H3. The van der Waals surface area contributed by atoms with Gasteiger partial charge in [0.15, 0.2) is 0 Å². The maximum absolute atomic E-state index is 6.74. The molecule has 51 heavy (non-hydrogen) atoms. The topological polar surface area (TPSA) is 31.0 Å². The Morgan fingerprint density at radius 2 is 1.45 bits per heavy atom. The van der Waals surface area contributed by atoms with Crippen LogP contribution in [0.1, 0.15) is 42.7 Å². The van der Waals surface area contributed by atoms with E-state index in [1.807, 2.05) is 6.07 Å². The van der Waals surface area contributed by atoms with Gasteiger partial charge in [0, 0.05) is 55.5 Å². The minimum Gasteiger partial charge on any atom is -0.456 e. The fourth-order valence-electron chi connectivity index (χ4n) is 9.04. The second-order valence-electron chi connectivity index (χ2n) is 14.6. The molecule has 0 atom stereocenters. The van der Waals surface area contributed by atoms with Crippen LogP contribution in [0.25, 0.3) is 89.0 Å². The number of hydrogen-bond donors (Lipinski definition) is 0. The van der Waals surface area contributed by atoms with Crippen LogP contribution >= 0.6 is 0 Å². The first-order chi connectivity index (χ1) is 25.0. The molecule has 3 heteroatoms. The molecule has 0 radical (unpaired) electrons. The lowest BCUT2D eigenvalue weighted by molar-refractivity contribution is 0.661. The molecule has 2 aliphatic rings. The first kappa shape index (κ1) is 28.6. The Bertz CT molecular complexity index is 2940.